The number of aromatic nitrogens is 1. The maximum Gasteiger partial charge on any atom is 0.226 e. The molecule has 0 aliphatic carbocycles. The number of benzene rings is 2. The van der Waals surface area contributed by atoms with E-state index in [0.717, 1.165) is 11.1 Å². The van der Waals surface area contributed by atoms with Crippen LogP contribution in [-0.4, -0.2) is 17.4 Å². The van der Waals surface area contributed by atoms with Crippen LogP contribution in [0.25, 0.3) is 11.5 Å². The van der Waals surface area contributed by atoms with Crippen molar-refractivity contribution >= 4 is 30.7 Å². The van der Waals surface area contributed by atoms with E-state index in [1.165, 1.54) is 5.56 Å². The van der Waals surface area contributed by atoms with Crippen LogP contribution in [-0.2, 0) is 11.2 Å². The predicted octanol–water partition coefficient (Wildman–Crippen LogP) is 4.98. The number of carbonyl (C=O) groups excluding carboxylic acids is 1. The van der Waals surface area contributed by atoms with Crippen LogP contribution in [0, 0.1) is 6.92 Å². The molecule has 7 heteroatoms. The normalized spacial score (nSPS) is 11.4. The van der Waals surface area contributed by atoms with Crippen molar-refractivity contribution in [1.82, 2.24) is 10.3 Å². The second-order valence-corrected chi connectivity index (χ2v) is 7.30. The SMILES string of the molecule is Cc1oc(-c2ccccc2)nc1CC(=O)NCC(N)c1ccc(C(C)C)cc1.Cl.Cl. The fourth-order valence-electron chi connectivity index (χ4n) is 2.98. The summed E-state index contributed by atoms with van der Waals surface area (Å²) in [5, 5.41) is 2.90. The number of carbonyl (C=O) groups is 1. The number of hydrogen-bond acceptors (Lipinski definition) is 4. The Morgan fingerprint density at radius 3 is 2.23 bits per heavy atom. The van der Waals surface area contributed by atoms with Crippen molar-refractivity contribution in [2.75, 3.05) is 6.54 Å². The van der Waals surface area contributed by atoms with Crippen LogP contribution in [0.3, 0.4) is 0 Å². The minimum atomic E-state index is -0.247. The maximum absolute atomic E-state index is 12.3. The van der Waals surface area contributed by atoms with Crippen molar-refractivity contribution in [1.29, 1.82) is 0 Å². The number of rotatable bonds is 7. The van der Waals surface area contributed by atoms with E-state index in [1.807, 2.05) is 49.4 Å². The third-order valence-electron chi connectivity index (χ3n) is 4.79. The molecule has 30 heavy (non-hydrogen) atoms. The Labute approximate surface area is 190 Å². The van der Waals surface area contributed by atoms with Crippen LogP contribution in [0.2, 0.25) is 0 Å². The second kappa shape index (κ2) is 11.7. The van der Waals surface area contributed by atoms with Crippen LogP contribution < -0.4 is 11.1 Å². The molecule has 1 atom stereocenters. The molecule has 0 radical (unpaired) electrons. The van der Waals surface area contributed by atoms with Gasteiger partial charge in [0.15, 0.2) is 0 Å². The summed E-state index contributed by atoms with van der Waals surface area (Å²) in [5.74, 6) is 1.55. The summed E-state index contributed by atoms with van der Waals surface area (Å²) in [4.78, 5) is 16.8. The molecular weight excluding hydrogens is 421 g/mol. The summed E-state index contributed by atoms with van der Waals surface area (Å²) in [7, 11) is 0. The van der Waals surface area contributed by atoms with Crippen molar-refractivity contribution < 1.29 is 9.21 Å². The van der Waals surface area contributed by atoms with Gasteiger partial charge in [-0.3, -0.25) is 4.79 Å². The first kappa shape index (κ1) is 25.7. The highest BCUT2D eigenvalue weighted by Gasteiger charge is 2.15. The molecule has 5 nitrogen and oxygen atoms in total. The summed E-state index contributed by atoms with van der Waals surface area (Å²) in [6.07, 6.45) is 0.168. The molecule has 0 spiro atoms. The molecule has 1 unspecified atom stereocenters. The van der Waals surface area contributed by atoms with Crippen molar-refractivity contribution in [2.24, 2.45) is 5.73 Å². The van der Waals surface area contributed by atoms with Crippen LogP contribution in [0.4, 0.5) is 0 Å². The fraction of sp³-hybridized carbons (Fsp3) is 0.304. The summed E-state index contributed by atoms with van der Waals surface area (Å²) in [6, 6.07) is 17.6. The summed E-state index contributed by atoms with van der Waals surface area (Å²) in [5.41, 5.74) is 10.0. The zero-order valence-electron chi connectivity index (χ0n) is 17.4. The van der Waals surface area contributed by atoms with Crippen LogP contribution in [0.1, 0.15) is 48.4 Å². The van der Waals surface area contributed by atoms with E-state index in [4.69, 9.17) is 10.2 Å². The molecule has 0 saturated carbocycles. The summed E-state index contributed by atoms with van der Waals surface area (Å²) < 4.78 is 5.71. The van der Waals surface area contributed by atoms with Crippen molar-refractivity contribution in [3.63, 3.8) is 0 Å². The maximum atomic E-state index is 12.3. The van der Waals surface area contributed by atoms with Crippen molar-refractivity contribution in [2.45, 2.75) is 39.2 Å². The van der Waals surface area contributed by atoms with E-state index in [1.54, 1.807) is 0 Å². The molecule has 0 aliphatic heterocycles. The smallest absolute Gasteiger partial charge is 0.226 e. The average molecular weight is 450 g/mol. The number of nitrogens with one attached hydrogen (secondary N) is 1. The fourth-order valence-corrected chi connectivity index (χ4v) is 2.98. The molecule has 1 aromatic heterocycles. The van der Waals surface area contributed by atoms with Gasteiger partial charge in [0.05, 0.1) is 12.1 Å². The van der Waals surface area contributed by atoms with E-state index >= 15 is 0 Å². The van der Waals surface area contributed by atoms with Gasteiger partial charge in [-0.15, -0.1) is 24.8 Å². The standard InChI is InChI=1S/C23H27N3O2.2ClH/c1-15(2)17-9-11-18(12-10-17)20(24)14-25-22(27)13-21-16(3)28-23(26-21)19-7-5-4-6-8-19;;/h4-12,15,20H,13-14,24H2,1-3H3,(H,25,27);2*1H. The zero-order valence-corrected chi connectivity index (χ0v) is 19.1. The van der Waals surface area contributed by atoms with Crippen LogP contribution in [0.5, 0.6) is 0 Å². The Kier molecular flexibility index (Phi) is 10.1. The Balaban J connectivity index is 0.00000225. The van der Waals surface area contributed by atoms with E-state index in [-0.39, 0.29) is 43.2 Å². The van der Waals surface area contributed by atoms with Crippen LogP contribution in [0.15, 0.2) is 59.0 Å². The molecule has 3 N–H and O–H groups in total. The number of halogens is 2. The summed E-state index contributed by atoms with van der Waals surface area (Å²) >= 11 is 0. The highest BCUT2D eigenvalue weighted by molar-refractivity contribution is 5.85. The number of amides is 1. The van der Waals surface area contributed by atoms with Crippen molar-refractivity contribution in [3.8, 4) is 11.5 Å². The quantitative estimate of drug-likeness (QED) is 0.532. The lowest BCUT2D eigenvalue weighted by molar-refractivity contribution is -0.120. The number of aryl methyl sites for hydroxylation is 1. The Hall–Kier alpha value is -2.34. The number of hydrogen-bond donors (Lipinski definition) is 2. The molecule has 1 heterocycles. The number of nitrogens with zero attached hydrogens (tertiary/aromatic N) is 1. The van der Waals surface area contributed by atoms with E-state index in [0.29, 0.717) is 29.8 Å². The lowest BCUT2D eigenvalue weighted by atomic mass is 9.99. The van der Waals surface area contributed by atoms with Gasteiger partial charge in [0, 0.05) is 18.2 Å². The zero-order chi connectivity index (χ0) is 20.1. The molecule has 0 fully saturated rings. The van der Waals surface area contributed by atoms with Crippen molar-refractivity contribution in [3.05, 3.63) is 77.2 Å². The largest absolute Gasteiger partial charge is 0.441 e. The Bertz CT molecular complexity index is 925. The molecule has 0 bridgehead atoms. The van der Waals surface area contributed by atoms with Crippen LogP contribution >= 0.6 is 24.8 Å². The van der Waals surface area contributed by atoms with Gasteiger partial charge in [0.1, 0.15) is 5.76 Å². The molecule has 162 valence electrons. The molecule has 3 rings (SSSR count). The number of oxazole rings is 1. The minimum Gasteiger partial charge on any atom is -0.441 e. The Morgan fingerprint density at radius 2 is 1.63 bits per heavy atom. The van der Waals surface area contributed by atoms with Gasteiger partial charge in [-0.25, -0.2) is 4.98 Å². The van der Waals surface area contributed by atoms with Gasteiger partial charge in [-0.1, -0.05) is 56.3 Å². The number of nitrogens with two attached hydrogens (primary N) is 1. The van der Waals surface area contributed by atoms with E-state index in [2.05, 4.69) is 36.3 Å². The van der Waals surface area contributed by atoms with Gasteiger partial charge in [-0.2, -0.15) is 0 Å². The Morgan fingerprint density at radius 1 is 1.03 bits per heavy atom. The highest BCUT2D eigenvalue weighted by Crippen LogP contribution is 2.22. The third kappa shape index (κ3) is 6.59. The lowest BCUT2D eigenvalue weighted by Gasteiger charge is -2.14. The monoisotopic (exact) mass is 449 g/mol. The molecule has 3 aromatic rings. The van der Waals surface area contributed by atoms with Gasteiger partial charge >= 0.3 is 0 Å². The van der Waals surface area contributed by atoms with Gasteiger partial charge in [0.2, 0.25) is 11.8 Å². The average Bonchev–Trinajstić information content (AvgIpc) is 3.07. The van der Waals surface area contributed by atoms with E-state index < -0.39 is 0 Å². The highest BCUT2D eigenvalue weighted by atomic mass is 35.5. The van der Waals surface area contributed by atoms with E-state index in [9.17, 15) is 4.79 Å². The topological polar surface area (TPSA) is 81.2 Å². The third-order valence-corrected chi connectivity index (χ3v) is 4.79. The first-order valence-electron chi connectivity index (χ1n) is 9.58. The minimum absolute atomic E-state index is 0. The molecule has 0 saturated heterocycles. The summed E-state index contributed by atoms with van der Waals surface area (Å²) in [6.45, 7) is 6.51. The van der Waals surface area contributed by atoms with Gasteiger partial charge in [-0.05, 0) is 36.1 Å². The molecule has 1 amide bonds. The molecule has 2 aromatic carbocycles. The molecule has 0 aliphatic rings. The first-order valence-corrected chi connectivity index (χ1v) is 9.58. The lowest BCUT2D eigenvalue weighted by Crippen LogP contribution is -2.33. The second-order valence-electron chi connectivity index (χ2n) is 7.30. The first-order chi connectivity index (χ1) is 13.4. The van der Waals surface area contributed by atoms with Gasteiger partial charge in [0.25, 0.3) is 0 Å². The van der Waals surface area contributed by atoms with Gasteiger partial charge < -0.3 is 15.5 Å². The predicted molar refractivity (Wildman–Crippen MR) is 125 cm³/mol. The molecular formula is C23H29Cl2N3O2.